The fourth-order valence-corrected chi connectivity index (χ4v) is 2.25. The predicted molar refractivity (Wildman–Crippen MR) is 90.0 cm³/mol. The summed E-state index contributed by atoms with van der Waals surface area (Å²) in [7, 11) is 0. The molecule has 1 heterocycles. The van der Waals surface area contributed by atoms with E-state index in [-0.39, 0.29) is 29.8 Å². The Hall–Kier alpha value is -2.47. The Morgan fingerprint density at radius 1 is 1.29 bits per heavy atom. The van der Waals surface area contributed by atoms with Gasteiger partial charge in [0.15, 0.2) is 0 Å². The molecule has 0 atom stereocenters. The summed E-state index contributed by atoms with van der Waals surface area (Å²) >= 11 is 5.67. The highest BCUT2D eigenvalue weighted by molar-refractivity contribution is 6.31. The van der Waals surface area contributed by atoms with Crippen LogP contribution in [0.3, 0.4) is 0 Å². The van der Waals surface area contributed by atoms with Crippen LogP contribution < -0.4 is 5.32 Å². The number of hydrogen-bond acceptors (Lipinski definition) is 3. The number of pyridine rings is 1. The molecule has 126 valence electrons. The Labute approximate surface area is 144 Å². The van der Waals surface area contributed by atoms with E-state index in [1.54, 1.807) is 17.2 Å². The summed E-state index contributed by atoms with van der Waals surface area (Å²) in [6.07, 6.45) is 1.76. The minimum absolute atomic E-state index is 0.0617. The van der Waals surface area contributed by atoms with Gasteiger partial charge in [-0.05, 0) is 30.3 Å². The Morgan fingerprint density at radius 2 is 2.08 bits per heavy atom. The number of nitrogens with zero attached hydrogens (tertiary/aromatic N) is 2. The first kappa shape index (κ1) is 17.9. The molecule has 0 saturated heterocycles. The van der Waals surface area contributed by atoms with E-state index in [4.69, 9.17) is 11.6 Å². The topological polar surface area (TPSA) is 62.3 Å². The number of amides is 2. The number of carbonyl (C=O) groups is 2. The normalized spacial score (nSPS) is 10.3. The summed E-state index contributed by atoms with van der Waals surface area (Å²) in [6.45, 7) is 2.04. The largest absolute Gasteiger partial charge is 0.337 e. The van der Waals surface area contributed by atoms with Gasteiger partial charge in [-0.25, -0.2) is 4.39 Å². The zero-order valence-electron chi connectivity index (χ0n) is 13.1. The zero-order valence-corrected chi connectivity index (χ0v) is 13.9. The van der Waals surface area contributed by atoms with Crippen LogP contribution in [-0.4, -0.2) is 28.2 Å². The molecule has 1 aromatic carbocycles. The third-order valence-corrected chi connectivity index (χ3v) is 3.63. The molecule has 0 spiro atoms. The van der Waals surface area contributed by atoms with Gasteiger partial charge in [0.25, 0.3) is 0 Å². The standard InChI is InChI=1S/C17H17ClFN3O2/c1-12(23)22(11-14-4-2-3-8-20-14)9-7-17(24)21-13-5-6-16(19)15(18)10-13/h2-6,8,10H,7,9,11H2,1H3,(H,21,24). The van der Waals surface area contributed by atoms with Crippen molar-refractivity contribution in [1.82, 2.24) is 9.88 Å². The quantitative estimate of drug-likeness (QED) is 0.870. The maximum absolute atomic E-state index is 13.1. The molecule has 0 aliphatic carbocycles. The van der Waals surface area contributed by atoms with Gasteiger partial charge in [-0.2, -0.15) is 0 Å². The number of aromatic nitrogens is 1. The number of anilines is 1. The van der Waals surface area contributed by atoms with Crippen LogP contribution in [0, 0.1) is 5.82 Å². The molecule has 2 aromatic rings. The monoisotopic (exact) mass is 349 g/mol. The van der Waals surface area contributed by atoms with Crippen molar-refractivity contribution in [2.45, 2.75) is 19.9 Å². The molecule has 1 aromatic heterocycles. The Kier molecular flexibility index (Phi) is 6.26. The highest BCUT2D eigenvalue weighted by Gasteiger charge is 2.13. The molecule has 0 saturated carbocycles. The molecule has 0 fully saturated rings. The average Bonchev–Trinajstić information content (AvgIpc) is 2.55. The van der Waals surface area contributed by atoms with E-state index in [9.17, 15) is 14.0 Å². The first-order valence-corrected chi connectivity index (χ1v) is 7.74. The van der Waals surface area contributed by atoms with E-state index in [1.807, 2.05) is 12.1 Å². The summed E-state index contributed by atoms with van der Waals surface area (Å²) in [5.74, 6) is -0.976. The van der Waals surface area contributed by atoms with E-state index in [0.29, 0.717) is 12.2 Å². The van der Waals surface area contributed by atoms with Crippen LogP contribution in [0.4, 0.5) is 10.1 Å². The molecule has 0 aliphatic rings. The molecule has 2 rings (SSSR count). The van der Waals surface area contributed by atoms with Gasteiger partial charge in [0.2, 0.25) is 11.8 Å². The third kappa shape index (κ3) is 5.31. The molecule has 5 nitrogen and oxygen atoms in total. The summed E-state index contributed by atoms with van der Waals surface area (Å²) in [4.78, 5) is 29.4. The predicted octanol–water partition coefficient (Wildman–Crippen LogP) is 3.25. The number of benzene rings is 1. The molecular weight excluding hydrogens is 333 g/mol. The highest BCUT2D eigenvalue weighted by Crippen LogP contribution is 2.19. The van der Waals surface area contributed by atoms with E-state index < -0.39 is 5.82 Å². The zero-order chi connectivity index (χ0) is 17.5. The first-order chi connectivity index (χ1) is 11.5. The molecule has 7 heteroatoms. The van der Waals surface area contributed by atoms with Crippen LogP contribution in [0.15, 0.2) is 42.6 Å². The summed E-state index contributed by atoms with van der Waals surface area (Å²) < 4.78 is 13.1. The van der Waals surface area contributed by atoms with E-state index in [1.165, 1.54) is 25.1 Å². The minimum atomic E-state index is -0.548. The van der Waals surface area contributed by atoms with Gasteiger partial charge in [0.1, 0.15) is 5.82 Å². The van der Waals surface area contributed by atoms with Gasteiger partial charge in [-0.15, -0.1) is 0 Å². The number of carbonyl (C=O) groups excluding carboxylic acids is 2. The maximum Gasteiger partial charge on any atom is 0.226 e. The summed E-state index contributed by atoms with van der Waals surface area (Å²) in [6, 6.07) is 9.40. The third-order valence-electron chi connectivity index (χ3n) is 3.34. The fraction of sp³-hybridized carbons (Fsp3) is 0.235. The van der Waals surface area contributed by atoms with Crippen molar-refractivity contribution in [2.24, 2.45) is 0 Å². The first-order valence-electron chi connectivity index (χ1n) is 7.36. The Balaban J connectivity index is 1.90. The van der Waals surface area contributed by atoms with Crippen molar-refractivity contribution in [1.29, 1.82) is 0 Å². The van der Waals surface area contributed by atoms with Gasteiger partial charge >= 0.3 is 0 Å². The van der Waals surface area contributed by atoms with Crippen molar-refractivity contribution in [3.05, 3.63) is 59.1 Å². The lowest BCUT2D eigenvalue weighted by atomic mass is 10.2. The molecule has 0 radical (unpaired) electrons. The Morgan fingerprint density at radius 3 is 2.71 bits per heavy atom. The van der Waals surface area contributed by atoms with E-state index >= 15 is 0 Å². The van der Waals surface area contributed by atoms with Crippen molar-refractivity contribution >= 4 is 29.1 Å². The molecule has 24 heavy (non-hydrogen) atoms. The van der Waals surface area contributed by atoms with Crippen LogP contribution in [0.5, 0.6) is 0 Å². The second-order valence-electron chi connectivity index (χ2n) is 5.19. The van der Waals surface area contributed by atoms with Gasteiger partial charge in [0.05, 0.1) is 17.3 Å². The highest BCUT2D eigenvalue weighted by atomic mass is 35.5. The number of hydrogen-bond donors (Lipinski definition) is 1. The van der Waals surface area contributed by atoms with Gasteiger partial charge in [0, 0.05) is 31.8 Å². The molecule has 1 N–H and O–H groups in total. The van der Waals surface area contributed by atoms with Gasteiger partial charge in [-0.1, -0.05) is 17.7 Å². The lowest BCUT2D eigenvalue weighted by Crippen LogP contribution is -2.31. The SMILES string of the molecule is CC(=O)N(CCC(=O)Nc1ccc(F)c(Cl)c1)Cc1ccccn1. The van der Waals surface area contributed by atoms with Crippen LogP contribution in [0.2, 0.25) is 5.02 Å². The van der Waals surface area contributed by atoms with Crippen LogP contribution in [0.25, 0.3) is 0 Å². The molecule has 0 unspecified atom stereocenters. The lowest BCUT2D eigenvalue weighted by molar-refractivity contribution is -0.130. The Bertz CT molecular complexity index is 725. The molecule has 0 aliphatic heterocycles. The van der Waals surface area contributed by atoms with E-state index in [0.717, 1.165) is 5.69 Å². The second-order valence-corrected chi connectivity index (χ2v) is 5.60. The van der Waals surface area contributed by atoms with Crippen LogP contribution in [-0.2, 0) is 16.1 Å². The molecular formula is C17H17ClFN3O2. The fourth-order valence-electron chi connectivity index (χ4n) is 2.07. The van der Waals surface area contributed by atoms with Crippen molar-refractivity contribution < 1.29 is 14.0 Å². The van der Waals surface area contributed by atoms with E-state index in [2.05, 4.69) is 10.3 Å². The maximum atomic E-state index is 13.1. The van der Waals surface area contributed by atoms with Crippen molar-refractivity contribution in [3.63, 3.8) is 0 Å². The van der Waals surface area contributed by atoms with Gasteiger partial charge in [-0.3, -0.25) is 14.6 Å². The summed E-state index contributed by atoms with van der Waals surface area (Å²) in [5, 5.41) is 2.56. The van der Waals surface area contributed by atoms with Crippen LogP contribution in [0.1, 0.15) is 19.0 Å². The average molecular weight is 350 g/mol. The minimum Gasteiger partial charge on any atom is -0.337 e. The molecule has 2 amide bonds. The number of halogens is 2. The number of rotatable bonds is 6. The van der Waals surface area contributed by atoms with Gasteiger partial charge < -0.3 is 10.2 Å². The summed E-state index contributed by atoms with van der Waals surface area (Å²) in [5.41, 5.74) is 1.16. The van der Waals surface area contributed by atoms with Crippen LogP contribution >= 0.6 is 11.6 Å². The lowest BCUT2D eigenvalue weighted by Gasteiger charge is -2.20. The second kappa shape index (κ2) is 8.40. The smallest absolute Gasteiger partial charge is 0.226 e. The number of nitrogens with one attached hydrogen (secondary N) is 1. The van der Waals surface area contributed by atoms with Crippen molar-refractivity contribution in [3.8, 4) is 0 Å². The van der Waals surface area contributed by atoms with Crippen molar-refractivity contribution in [2.75, 3.05) is 11.9 Å². The molecule has 0 bridgehead atoms.